The Hall–Kier alpha value is -1.81. The molecule has 1 aliphatic heterocycles. The first kappa shape index (κ1) is 13.6. The fourth-order valence-corrected chi connectivity index (χ4v) is 2.16. The van der Waals surface area contributed by atoms with Gasteiger partial charge in [0.1, 0.15) is 0 Å². The van der Waals surface area contributed by atoms with E-state index in [1.807, 2.05) is 42.2 Å². The fraction of sp³-hybridized carbons (Fsp3) is 0.400. The van der Waals surface area contributed by atoms with Crippen molar-refractivity contribution in [2.45, 2.75) is 6.92 Å². The normalized spacial score (nSPS) is 16.2. The van der Waals surface area contributed by atoms with E-state index in [9.17, 15) is 4.79 Å². The lowest BCUT2D eigenvalue weighted by atomic mass is 10.2. The van der Waals surface area contributed by atoms with E-state index in [1.165, 1.54) is 5.56 Å². The predicted molar refractivity (Wildman–Crippen MR) is 78.4 cm³/mol. The van der Waals surface area contributed by atoms with E-state index in [4.69, 9.17) is 0 Å². The molecule has 4 heteroatoms. The van der Waals surface area contributed by atoms with Crippen molar-refractivity contribution < 1.29 is 4.79 Å². The van der Waals surface area contributed by atoms with E-state index in [0.717, 1.165) is 38.4 Å². The van der Waals surface area contributed by atoms with Crippen LogP contribution in [-0.4, -0.2) is 48.6 Å². The SMILES string of the molecule is C=CCN1CCN(C(=O)Nc2ccc(C)cc2)CC1. The Morgan fingerprint density at radius 2 is 1.89 bits per heavy atom. The number of rotatable bonds is 3. The van der Waals surface area contributed by atoms with E-state index >= 15 is 0 Å². The Morgan fingerprint density at radius 1 is 1.26 bits per heavy atom. The van der Waals surface area contributed by atoms with Crippen molar-refractivity contribution in [1.82, 2.24) is 9.80 Å². The molecule has 19 heavy (non-hydrogen) atoms. The maximum atomic E-state index is 12.1. The topological polar surface area (TPSA) is 35.6 Å². The Bertz CT molecular complexity index is 433. The second-order valence-corrected chi connectivity index (χ2v) is 4.87. The van der Waals surface area contributed by atoms with Crippen molar-refractivity contribution in [1.29, 1.82) is 0 Å². The number of nitrogens with zero attached hydrogens (tertiary/aromatic N) is 2. The molecule has 0 spiro atoms. The molecule has 0 radical (unpaired) electrons. The van der Waals surface area contributed by atoms with Gasteiger partial charge < -0.3 is 10.2 Å². The molecule has 2 rings (SSSR count). The van der Waals surface area contributed by atoms with Crippen molar-refractivity contribution in [2.75, 3.05) is 38.0 Å². The summed E-state index contributed by atoms with van der Waals surface area (Å²) in [5.41, 5.74) is 2.04. The van der Waals surface area contributed by atoms with E-state index in [0.29, 0.717) is 0 Å². The summed E-state index contributed by atoms with van der Waals surface area (Å²) in [6.07, 6.45) is 1.90. The molecule has 0 bridgehead atoms. The second-order valence-electron chi connectivity index (χ2n) is 4.87. The summed E-state index contributed by atoms with van der Waals surface area (Å²) in [4.78, 5) is 16.2. The van der Waals surface area contributed by atoms with Gasteiger partial charge >= 0.3 is 6.03 Å². The summed E-state index contributed by atoms with van der Waals surface area (Å²) in [6, 6.07) is 7.85. The Labute approximate surface area is 114 Å². The zero-order chi connectivity index (χ0) is 13.7. The van der Waals surface area contributed by atoms with Crippen LogP contribution in [0.2, 0.25) is 0 Å². The molecule has 0 aromatic heterocycles. The standard InChI is InChI=1S/C15H21N3O/c1-3-8-17-9-11-18(12-10-17)15(19)16-14-6-4-13(2)5-7-14/h3-7H,1,8-12H2,2H3,(H,16,19). The zero-order valence-electron chi connectivity index (χ0n) is 11.4. The number of urea groups is 1. The molecule has 0 saturated carbocycles. The van der Waals surface area contributed by atoms with Crippen LogP contribution in [-0.2, 0) is 0 Å². The number of amides is 2. The summed E-state index contributed by atoms with van der Waals surface area (Å²) in [7, 11) is 0. The highest BCUT2D eigenvalue weighted by Gasteiger charge is 2.20. The summed E-state index contributed by atoms with van der Waals surface area (Å²) in [5.74, 6) is 0. The Morgan fingerprint density at radius 3 is 2.47 bits per heavy atom. The minimum Gasteiger partial charge on any atom is -0.322 e. The average Bonchev–Trinajstić information content (AvgIpc) is 2.42. The van der Waals surface area contributed by atoms with Gasteiger partial charge in [0, 0.05) is 38.4 Å². The van der Waals surface area contributed by atoms with Gasteiger partial charge in [-0.2, -0.15) is 0 Å². The molecule has 0 unspecified atom stereocenters. The summed E-state index contributed by atoms with van der Waals surface area (Å²) in [6.45, 7) is 10.0. The van der Waals surface area contributed by atoms with Gasteiger partial charge in [0.15, 0.2) is 0 Å². The van der Waals surface area contributed by atoms with Gasteiger partial charge in [0.05, 0.1) is 0 Å². The molecule has 1 aromatic rings. The van der Waals surface area contributed by atoms with Gasteiger partial charge in [0.25, 0.3) is 0 Å². The number of benzene rings is 1. The van der Waals surface area contributed by atoms with Crippen molar-refractivity contribution >= 4 is 11.7 Å². The molecule has 1 saturated heterocycles. The van der Waals surface area contributed by atoms with Gasteiger partial charge in [-0.15, -0.1) is 6.58 Å². The third-order valence-corrected chi connectivity index (χ3v) is 3.35. The molecule has 0 aliphatic carbocycles. The minimum atomic E-state index is -0.0119. The Balaban J connectivity index is 1.84. The van der Waals surface area contributed by atoms with Crippen molar-refractivity contribution in [3.05, 3.63) is 42.5 Å². The first-order valence-electron chi connectivity index (χ1n) is 6.65. The predicted octanol–water partition coefficient (Wildman–Crippen LogP) is 2.33. The largest absolute Gasteiger partial charge is 0.322 e. The van der Waals surface area contributed by atoms with Crippen LogP contribution < -0.4 is 5.32 Å². The Kier molecular flexibility index (Phi) is 4.58. The summed E-state index contributed by atoms with van der Waals surface area (Å²) >= 11 is 0. The third kappa shape index (κ3) is 3.83. The lowest BCUT2D eigenvalue weighted by Crippen LogP contribution is -2.49. The number of anilines is 1. The zero-order valence-corrected chi connectivity index (χ0v) is 11.4. The summed E-state index contributed by atoms with van der Waals surface area (Å²) in [5, 5.41) is 2.93. The lowest BCUT2D eigenvalue weighted by molar-refractivity contribution is 0.156. The van der Waals surface area contributed by atoms with Crippen LogP contribution in [0.25, 0.3) is 0 Å². The van der Waals surface area contributed by atoms with Gasteiger partial charge in [-0.25, -0.2) is 4.79 Å². The van der Waals surface area contributed by atoms with Crippen molar-refractivity contribution in [3.8, 4) is 0 Å². The molecule has 0 atom stereocenters. The molecule has 1 fully saturated rings. The van der Waals surface area contributed by atoms with E-state index < -0.39 is 0 Å². The molecule has 2 amide bonds. The van der Waals surface area contributed by atoms with E-state index in [-0.39, 0.29) is 6.03 Å². The van der Waals surface area contributed by atoms with Gasteiger partial charge in [-0.1, -0.05) is 23.8 Å². The van der Waals surface area contributed by atoms with Crippen LogP contribution in [0, 0.1) is 6.92 Å². The highest BCUT2D eigenvalue weighted by molar-refractivity contribution is 5.89. The molecule has 1 aromatic carbocycles. The molecule has 1 heterocycles. The molecule has 1 aliphatic rings. The van der Waals surface area contributed by atoms with E-state index in [2.05, 4.69) is 16.8 Å². The smallest absolute Gasteiger partial charge is 0.321 e. The summed E-state index contributed by atoms with van der Waals surface area (Å²) < 4.78 is 0. The molecule has 102 valence electrons. The van der Waals surface area contributed by atoms with Crippen LogP contribution in [0.1, 0.15) is 5.56 Å². The quantitative estimate of drug-likeness (QED) is 0.846. The maximum Gasteiger partial charge on any atom is 0.321 e. The van der Waals surface area contributed by atoms with E-state index in [1.54, 1.807) is 0 Å². The molecule has 1 N–H and O–H groups in total. The number of carbonyl (C=O) groups excluding carboxylic acids is 1. The fourth-order valence-electron chi connectivity index (χ4n) is 2.16. The van der Waals surface area contributed by atoms with Crippen LogP contribution in [0.3, 0.4) is 0 Å². The minimum absolute atomic E-state index is 0.0119. The number of aryl methyl sites for hydroxylation is 1. The first-order valence-corrected chi connectivity index (χ1v) is 6.65. The third-order valence-electron chi connectivity index (χ3n) is 3.35. The van der Waals surface area contributed by atoms with Crippen LogP contribution >= 0.6 is 0 Å². The highest BCUT2D eigenvalue weighted by Crippen LogP contribution is 2.10. The number of carbonyl (C=O) groups is 1. The van der Waals surface area contributed by atoms with Gasteiger partial charge in [-0.3, -0.25) is 4.90 Å². The maximum absolute atomic E-state index is 12.1. The number of nitrogens with one attached hydrogen (secondary N) is 1. The molecular weight excluding hydrogens is 238 g/mol. The highest BCUT2D eigenvalue weighted by atomic mass is 16.2. The average molecular weight is 259 g/mol. The van der Waals surface area contributed by atoms with Crippen LogP contribution in [0.4, 0.5) is 10.5 Å². The van der Waals surface area contributed by atoms with Crippen LogP contribution in [0.5, 0.6) is 0 Å². The second kappa shape index (κ2) is 6.38. The number of hydrogen-bond donors (Lipinski definition) is 1. The molecular formula is C15H21N3O. The van der Waals surface area contributed by atoms with Crippen LogP contribution in [0.15, 0.2) is 36.9 Å². The van der Waals surface area contributed by atoms with Gasteiger partial charge in [-0.05, 0) is 19.1 Å². The van der Waals surface area contributed by atoms with Crippen molar-refractivity contribution in [3.63, 3.8) is 0 Å². The monoisotopic (exact) mass is 259 g/mol. The number of hydrogen-bond acceptors (Lipinski definition) is 2. The van der Waals surface area contributed by atoms with Crippen molar-refractivity contribution in [2.24, 2.45) is 0 Å². The van der Waals surface area contributed by atoms with Gasteiger partial charge in [0.2, 0.25) is 0 Å². The lowest BCUT2D eigenvalue weighted by Gasteiger charge is -2.34. The first-order chi connectivity index (χ1) is 9.19. The number of piperazine rings is 1. The molecule has 4 nitrogen and oxygen atoms in total.